The minimum atomic E-state index is 0.891. The second-order valence-corrected chi connectivity index (χ2v) is 15.6. The first kappa shape index (κ1) is 31.2. The molecular weight excluding hydrogens is 701 g/mol. The van der Waals surface area contributed by atoms with Crippen molar-refractivity contribution in [3.63, 3.8) is 0 Å². The maximum absolute atomic E-state index is 6.63. The van der Waals surface area contributed by atoms with E-state index in [1.807, 2.05) is 11.3 Å². The lowest BCUT2D eigenvalue weighted by molar-refractivity contribution is 0.673. The minimum Gasteiger partial charge on any atom is -0.455 e. The molecule has 0 aliphatic heterocycles. The fourth-order valence-electron chi connectivity index (χ4n) is 8.91. The van der Waals surface area contributed by atoms with E-state index in [4.69, 9.17) is 4.42 Å². The van der Waals surface area contributed by atoms with Crippen LogP contribution in [0.25, 0.3) is 91.5 Å². The Balaban J connectivity index is 1.12. The van der Waals surface area contributed by atoms with Crippen LogP contribution < -0.4 is 4.90 Å². The van der Waals surface area contributed by atoms with Crippen molar-refractivity contribution < 1.29 is 4.42 Å². The summed E-state index contributed by atoms with van der Waals surface area (Å²) in [6.07, 6.45) is 0. The fourth-order valence-corrected chi connectivity index (χ4v) is 10.00. The van der Waals surface area contributed by atoms with Crippen molar-refractivity contribution >= 4 is 103 Å². The van der Waals surface area contributed by atoms with Crippen molar-refractivity contribution in [2.45, 2.75) is 0 Å². The van der Waals surface area contributed by atoms with E-state index in [0.29, 0.717) is 0 Å². The van der Waals surface area contributed by atoms with Gasteiger partial charge in [-0.2, -0.15) is 0 Å². The molecule has 0 bridgehead atoms. The van der Waals surface area contributed by atoms with Crippen LogP contribution in [-0.2, 0) is 0 Å². The van der Waals surface area contributed by atoms with E-state index in [9.17, 15) is 0 Å². The van der Waals surface area contributed by atoms with Crippen LogP contribution in [0.3, 0.4) is 0 Å². The third-order valence-corrected chi connectivity index (χ3v) is 12.5. The predicted octanol–water partition coefficient (Wildman–Crippen LogP) is 15.3. The van der Waals surface area contributed by atoms with E-state index in [-0.39, 0.29) is 0 Å². The molecule has 0 aliphatic rings. The Hall–Kier alpha value is -7.14. The Morgan fingerprint density at radius 3 is 1.98 bits per heavy atom. The number of fused-ring (bicyclic) bond motifs is 11. The van der Waals surface area contributed by atoms with Gasteiger partial charge in [-0.3, -0.25) is 0 Å². The molecule has 3 aromatic heterocycles. The van der Waals surface area contributed by atoms with Gasteiger partial charge in [-0.1, -0.05) is 121 Å². The lowest BCUT2D eigenvalue weighted by Crippen LogP contribution is -2.13. The lowest BCUT2D eigenvalue weighted by atomic mass is 9.97. The number of nitrogens with zero attached hydrogens (tertiary/aromatic N) is 2. The summed E-state index contributed by atoms with van der Waals surface area (Å²) in [5, 5.41) is 9.60. The summed E-state index contributed by atoms with van der Waals surface area (Å²) in [6, 6.07) is 70.3. The highest BCUT2D eigenvalue weighted by Crippen LogP contribution is 2.46. The van der Waals surface area contributed by atoms with Crippen LogP contribution in [0, 0.1) is 0 Å². The fraction of sp³-hybridized carbons (Fsp3) is 0. The topological polar surface area (TPSA) is 21.3 Å². The SMILES string of the molecule is c1cc(-c2cccc3oc4c5ccccc5ccc4c23)cc(N(c2ccc3sc4ccccc4c3c2)c2ccccc2-n2c3ccccc3c3ccccc32)c1. The van der Waals surface area contributed by atoms with E-state index in [1.54, 1.807) is 0 Å². The Kier molecular flexibility index (Phi) is 6.80. The molecule has 0 fully saturated rings. The van der Waals surface area contributed by atoms with Crippen LogP contribution in [0.1, 0.15) is 0 Å². The number of hydrogen-bond acceptors (Lipinski definition) is 3. The molecule has 0 unspecified atom stereocenters. The van der Waals surface area contributed by atoms with Gasteiger partial charge in [-0.05, 0) is 89.3 Å². The summed E-state index contributed by atoms with van der Waals surface area (Å²) in [6.45, 7) is 0. The van der Waals surface area contributed by atoms with Crippen molar-refractivity contribution in [3.8, 4) is 16.8 Å². The Bertz CT molecular complexity index is 3460. The molecule has 3 nitrogen and oxygen atoms in total. The van der Waals surface area contributed by atoms with E-state index >= 15 is 0 Å². The third-order valence-electron chi connectivity index (χ3n) is 11.4. The summed E-state index contributed by atoms with van der Waals surface area (Å²) in [5.41, 5.74) is 10.8. The first-order valence-electron chi connectivity index (χ1n) is 19.0. The largest absolute Gasteiger partial charge is 0.455 e. The van der Waals surface area contributed by atoms with Gasteiger partial charge in [-0.25, -0.2) is 0 Å². The number of furan rings is 1. The molecule has 0 saturated heterocycles. The molecule has 0 N–H and O–H groups in total. The average Bonchev–Trinajstić information content (AvgIpc) is 3.94. The number of benzene rings is 9. The molecule has 0 radical (unpaired) electrons. The molecule has 0 atom stereocenters. The van der Waals surface area contributed by atoms with Crippen LogP contribution in [0.4, 0.5) is 17.1 Å². The molecule has 4 heteroatoms. The van der Waals surface area contributed by atoms with Crippen LogP contribution in [0.5, 0.6) is 0 Å². The monoisotopic (exact) mass is 732 g/mol. The van der Waals surface area contributed by atoms with E-state index in [1.165, 1.54) is 47.4 Å². The number of hydrogen-bond donors (Lipinski definition) is 0. The van der Waals surface area contributed by atoms with Gasteiger partial charge in [0.2, 0.25) is 0 Å². The van der Waals surface area contributed by atoms with E-state index in [2.05, 4.69) is 204 Å². The van der Waals surface area contributed by atoms with Crippen molar-refractivity contribution in [1.29, 1.82) is 0 Å². The molecule has 9 aromatic carbocycles. The highest BCUT2D eigenvalue weighted by molar-refractivity contribution is 7.25. The maximum atomic E-state index is 6.63. The van der Waals surface area contributed by atoms with Crippen molar-refractivity contribution in [2.75, 3.05) is 4.90 Å². The summed E-state index contributed by atoms with van der Waals surface area (Å²) < 4.78 is 11.6. The molecule has 0 saturated carbocycles. The highest BCUT2D eigenvalue weighted by Gasteiger charge is 2.22. The molecule has 12 aromatic rings. The van der Waals surface area contributed by atoms with Gasteiger partial charge in [0.15, 0.2) is 0 Å². The van der Waals surface area contributed by atoms with Crippen LogP contribution in [0.15, 0.2) is 199 Å². The van der Waals surface area contributed by atoms with Crippen LogP contribution >= 0.6 is 11.3 Å². The summed E-state index contributed by atoms with van der Waals surface area (Å²) in [4.78, 5) is 2.44. The van der Waals surface area contributed by atoms with Crippen LogP contribution in [0.2, 0.25) is 0 Å². The van der Waals surface area contributed by atoms with Crippen molar-refractivity contribution in [3.05, 3.63) is 194 Å². The normalized spacial score (nSPS) is 11.9. The van der Waals surface area contributed by atoms with E-state index in [0.717, 1.165) is 61.2 Å². The van der Waals surface area contributed by atoms with Gasteiger partial charge in [0.1, 0.15) is 11.2 Å². The first-order valence-corrected chi connectivity index (χ1v) is 19.8. The third kappa shape index (κ3) is 4.63. The smallest absolute Gasteiger partial charge is 0.143 e. The molecule has 0 amide bonds. The number of para-hydroxylation sites is 4. The molecule has 56 heavy (non-hydrogen) atoms. The molecule has 12 rings (SSSR count). The van der Waals surface area contributed by atoms with Gasteiger partial charge < -0.3 is 13.9 Å². The summed E-state index contributed by atoms with van der Waals surface area (Å²) in [5.74, 6) is 0. The minimum absolute atomic E-state index is 0.891. The van der Waals surface area contributed by atoms with Gasteiger partial charge >= 0.3 is 0 Å². The Morgan fingerprint density at radius 2 is 1.12 bits per heavy atom. The van der Waals surface area contributed by atoms with Gasteiger partial charge in [0, 0.05) is 58.5 Å². The van der Waals surface area contributed by atoms with E-state index < -0.39 is 0 Å². The summed E-state index contributed by atoms with van der Waals surface area (Å²) in [7, 11) is 0. The highest BCUT2D eigenvalue weighted by atomic mass is 32.1. The zero-order valence-corrected chi connectivity index (χ0v) is 31.0. The van der Waals surface area contributed by atoms with Crippen LogP contribution in [-0.4, -0.2) is 4.57 Å². The Morgan fingerprint density at radius 1 is 0.446 bits per heavy atom. The summed E-state index contributed by atoms with van der Waals surface area (Å²) >= 11 is 1.85. The number of anilines is 3. The zero-order valence-electron chi connectivity index (χ0n) is 30.2. The lowest BCUT2D eigenvalue weighted by Gasteiger charge is -2.29. The average molecular weight is 733 g/mol. The Labute approximate surface area is 326 Å². The predicted molar refractivity (Wildman–Crippen MR) is 239 cm³/mol. The zero-order chi connectivity index (χ0) is 36.7. The second-order valence-electron chi connectivity index (χ2n) is 14.5. The second kappa shape index (κ2) is 12.2. The molecule has 0 spiro atoms. The standard InChI is InChI=1S/C52H32N2OS/c1-2-16-38-33(13-1)27-29-42-51-37(20-12-25-48(51)55-52(38)42)34-14-11-15-35(31-34)53(36-28-30-50-43(32-36)41-19-5-10-26-49(41)56-50)46-23-8-9-24-47(46)54-44-21-6-3-17-39(44)40-18-4-7-22-45(40)54/h1-32H. The van der Waals surface area contributed by atoms with Gasteiger partial charge in [0.25, 0.3) is 0 Å². The van der Waals surface area contributed by atoms with Crippen molar-refractivity contribution in [2.24, 2.45) is 0 Å². The quantitative estimate of drug-likeness (QED) is 0.176. The first-order chi connectivity index (χ1) is 27.8. The van der Waals surface area contributed by atoms with Gasteiger partial charge in [-0.15, -0.1) is 11.3 Å². The molecule has 262 valence electrons. The molecule has 0 aliphatic carbocycles. The molecule has 3 heterocycles. The number of rotatable bonds is 5. The maximum Gasteiger partial charge on any atom is 0.143 e. The molecular formula is C52H32N2OS. The van der Waals surface area contributed by atoms with Crippen molar-refractivity contribution in [1.82, 2.24) is 4.57 Å². The number of aromatic nitrogens is 1. The van der Waals surface area contributed by atoms with Gasteiger partial charge in [0.05, 0.1) is 22.4 Å². The number of thiophene rings is 1.